The molecule has 0 fully saturated rings. The second-order valence-electron chi connectivity index (χ2n) is 2.67. The molecule has 0 aromatic heterocycles. The predicted octanol–water partition coefficient (Wildman–Crippen LogP) is 2.41. The maximum atomic E-state index is 6.81. The van der Waals surface area contributed by atoms with Crippen molar-refractivity contribution in [1.82, 2.24) is 0 Å². The zero-order valence-corrected chi connectivity index (χ0v) is 10.2. The van der Waals surface area contributed by atoms with E-state index in [0.29, 0.717) is 5.84 Å². The first kappa shape index (κ1) is 12.6. The van der Waals surface area contributed by atoms with Crippen molar-refractivity contribution in [1.29, 1.82) is 5.41 Å². The highest BCUT2D eigenvalue weighted by molar-refractivity contribution is 8.11. The summed E-state index contributed by atoms with van der Waals surface area (Å²) >= 11 is 8.63. The van der Waals surface area contributed by atoms with E-state index in [1.807, 2.05) is 6.01 Å². The molecule has 0 unspecified atom stereocenters. The first-order valence-corrected chi connectivity index (χ1v) is 5.11. The van der Waals surface area contributed by atoms with Crippen molar-refractivity contribution in [3.63, 3.8) is 0 Å². The molecular formula is C10H9N3OS2. The molecule has 0 aliphatic carbocycles. The lowest BCUT2D eigenvalue weighted by atomic mass is 10.2. The highest BCUT2D eigenvalue weighted by Gasteiger charge is 2.02. The van der Waals surface area contributed by atoms with E-state index >= 15 is 0 Å². The third-order valence-corrected chi connectivity index (χ3v) is 1.90. The number of aliphatic imine (C=N–C) groups is 2. The average molecular weight is 251 g/mol. The zero-order chi connectivity index (χ0) is 12.0. The second-order valence-corrected chi connectivity index (χ2v) is 3.78. The van der Waals surface area contributed by atoms with Crippen LogP contribution in [0.25, 0.3) is 0 Å². The van der Waals surface area contributed by atoms with Gasteiger partial charge in [-0.05, 0) is 24.3 Å². The molecule has 0 aliphatic heterocycles. The van der Waals surface area contributed by atoms with Crippen molar-refractivity contribution in [3.05, 3.63) is 29.8 Å². The number of rotatable bonds is 2. The van der Waals surface area contributed by atoms with Gasteiger partial charge in [-0.3, -0.25) is 0 Å². The van der Waals surface area contributed by atoms with Crippen LogP contribution in [0.3, 0.4) is 0 Å². The van der Waals surface area contributed by atoms with Gasteiger partial charge in [-0.2, -0.15) is 4.99 Å². The van der Waals surface area contributed by atoms with Crippen LogP contribution in [0.15, 0.2) is 34.3 Å². The van der Waals surface area contributed by atoms with Crippen LogP contribution in [0, 0.1) is 5.41 Å². The number of nitrogens with one attached hydrogen (secondary N) is 1. The maximum Gasteiger partial charge on any atom is 0.172 e. The summed E-state index contributed by atoms with van der Waals surface area (Å²) in [5.41, 5.74) is 0.719. The fraction of sp³-hybridized carbons (Fsp3) is 0.100. The molecule has 0 radical (unpaired) electrons. The Labute approximate surface area is 104 Å². The van der Waals surface area contributed by atoms with Gasteiger partial charge in [0.2, 0.25) is 0 Å². The zero-order valence-electron chi connectivity index (χ0n) is 8.47. The van der Waals surface area contributed by atoms with E-state index in [2.05, 4.69) is 22.6 Å². The molecule has 82 valence electrons. The minimum absolute atomic E-state index is 0.157. The van der Waals surface area contributed by atoms with E-state index < -0.39 is 0 Å². The predicted molar refractivity (Wildman–Crippen MR) is 71.3 cm³/mol. The molecule has 1 N–H and O–H groups in total. The van der Waals surface area contributed by atoms with Crippen LogP contribution in [-0.2, 0) is 0 Å². The van der Waals surface area contributed by atoms with Crippen LogP contribution in [0.2, 0.25) is 0 Å². The highest BCUT2D eigenvalue weighted by atomic mass is 32.1. The number of hydrogen-bond donors (Lipinski definition) is 2. The van der Waals surface area contributed by atoms with Crippen molar-refractivity contribution < 1.29 is 4.74 Å². The van der Waals surface area contributed by atoms with Crippen LogP contribution in [0.1, 0.15) is 5.56 Å². The van der Waals surface area contributed by atoms with Crippen LogP contribution in [0.4, 0.5) is 0 Å². The van der Waals surface area contributed by atoms with Gasteiger partial charge in [0, 0.05) is 5.56 Å². The Morgan fingerprint density at radius 3 is 2.50 bits per heavy atom. The fourth-order valence-corrected chi connectivity index (χ4v) is 1.22. The minimum Gasteiger partial charge on any atom is -0.497 e. The molecule has 16 heavy (non-hydrogen) atoms. The van der Waals surface area contributed by atoms with E-state index in [4.69, 9.17) is 22.4 Å². The van der Waals surface area contributed by atoms with Gasteiger partial charge < -0.3 is 4.74 Å². The average Bonchev–Trinajstić information content (AvgIpc) is 2.28. The molecule has 0 saturated carbocycles. The molecule has 0 spiro atoms. The molecule has 0 aliphatic rings. The standard InChI is InChI=1S/C10H9N3OS2/c1-14-8-4-2-7(3-5-8)9(12-6-11)13-10(15)16/h2-5,11H,1H3,(H,15,16). The first-order valence-electron chi connectivity index (χ1n) is 4.26. The lowest BCUT2D eigenvalue weighted by molar-refractivity contribution is 0.415. The lowest BCUT2D eigenvalue weighted by Crippen LogP contribution is -1.98. The summed E-state index contributed by atoms with van der Waals surface area (Å²) in [6.07, 6.45) is 0. The van der Waals surface area contributed by atoms with Crippen molar-refractivity contribution in [2.24, 2.45) is 9.98 Å². The fourth-order valence-electron chi connectivity index (χ4n) is 1.04. The van der Waals surface area contributed by atoms with Gasteiger partial charge >= 0.3 is 0 Å². The smallest absolute Gasteiger partial charge is 0.172 e. The number of thiol groups is 1. The van der Waals surface area contributed by atoms with E-state index in [1.165, 1.54) is 0 Å². The first-order chi connectivity index (χ1) is 7.67. The topological polar surface area (TPSA) is 57.8 Å². The lowest BCUT2D eigenvalue weighted by Gasteiger charge is -2.01. The third-order valence-electron chi connectivity index (χ3n) is 1.71. The van der Waals surface area contributed by atoms with Crippen molar-refractivity contribution in [2.45, 2.75) is 0 Å². The van der Waals surface area contributed by atoms with Crippen molar-refractivity contribution in [3.8, 4) is 5.75 Å². The molecule has 1 rings (SSSR count). The van der Waals surface area contributed by atoms with E-state index in [9.17, 15) is 0 Å². The minimum atomic E-state index is 0.157. The van der Waals surface area contributed by atoms with Gasteiger partial charge in [0.15, 0.2) is 10.2 Å². The van der Waals surface area contributed by atoms with E-state index in [1.54, 1.807) is 31.4 Å². The van der Waals surface area contributed by atoms with Crippen LogP contribution in [0.5, 0.6) is 5.75 Å². The third kappa shape index (κ3) is 3.58. The molecule has 0 amide bonds. The monoisotopic (exact) mass is 251 g/mol. The number of nitrogens with zero attached hydrogens (tertiary/aromatic N) is 2. The molecule has 0 bridgehead atoms. The van der Waals surface area contributed by atoms with Gasteiger partial charge in [-0.1, -0.05) is 12.2 Å². The molecule has 0 atom stereocenters. The Kier molecular flexibility index (Phi) is 4.85. The van der Waals surface area contributed by atoms with Gasteiger partial charge in [-0.15, -0.1) is 12.6 Å². The van der Waals surface area contributed by atoms with Crippen LogP contribution >= 0.6 is 24.8 Å². The molecule has 0 heterocycles. The van der Waals surface area contributed by atoms with Crippen molar-refractivity contribution >= 4 is 41.0 Å². The summed E-state index contributed by atoms with van der Waals surface area (Å²) in [5.74, 6) is 1.04. The second kappa shape index (κ2) is 6.17. The largest absolute Gasteiger partial charge is 0.497 e. The Balaban J connectivity index is 3.11. The summed E-state index contributed by atoms with van der Waals surface area (Å²) in [5, 5.41) is 6.81. The molecule has 1 aromatic rings. The number of thiocarbonyl (C=S) groups is 1. The Morgan fingerprint density at radius 1 is 1.44 bits per heavy atom. The summed E-state index contributed by atoms with van der Waals surface area (Å²) in [7, 11) is 1.59. The molecule has 0 saturated heterocycles. The summed E-state index contributed by atoms with van der Waals surface area (Å²) < 4.78 is 5.18. The number of benzene rings is 1. The van der Waals surface area contributed by atoms with Crippen molar-refractivity contribution in [2.75, 3.05) is 7.11 Å². The summed E-state index contributed by atoms with van der Waals surface area (Å²) in [6.45, 7) is 0. The Morgan fingerprint density at radius 2 is 2.06 bits per heavy atom. The van der Waals surface area contributed by atoms with Gasteiger partial charge in [0.25, 0.3) is 0 Å². The quantitative estimate of drug-likeness (QED) is 0.367. The maximum absolute atomic E-state index is 6.81. The Bertz CT molecular complexity index is 461. The number of amidine groups is 1. The van der Waals surface area contributed by atoms with Gasteiger partial charge in [-0.25, -0.2) is 10.4 Å². The van der Waals surface area contributed by atoms with Gasteiger partial charge in [0.05, 0.1) is 13.1 Å². The molecule has 1 aromatic carbocycles. The molecular weight excluding hydrogens is 242 g/mol. The van der Waals surface area contributed by atoms with E-state index in [0.717, 1.165) is 11.3 Å². The molecule has 4 nitrogen and oxygen atoms in total. The SMILES string of the molecule is COc1ccc(C(N=C=N)=NC(=S)S)cc1. The highest BCUT2D eigenvalue weighted by Crippen LogP contribution is 2.12. The number of hydrogen-bond acceptors (Lipinski definition) is 3. The van der Waals surface area contributed by atoms with Crippen LogP contribution < -0.4 is 4.74 Å². The normalized spacial score (nSPS) is 10.5. The molecule has 6 heteroatoms. The Hall–Kier alpha value is -1.49. The van der Waals surface area contributed by atoms with Gasteiger partial charge in [0.1, 0.15) is 5.75 Å². The summed E-state index contributed by atoms with van der Waals surface area (Å²) in [6, 6.07) is 9.00. The number of ether oxygens (including phenoxy) is 1. The summed E-state index contributed by atoms with van der Waals surface area (Å²) in [4.78, 5) is 7.59. The number of methoxy groups -OCH3 is 1. The van der Waals surface area contributed by atoms with E-state index in [-0.39, 0.29) is 4.32 Å². The van der Waals surface area contributed by atoms with Crippen LogP contribution in [-0.4, -0.2) is 23.3 Å².